The lowest BCUT2D eigenvalue weighted by Crippen LogP contribution is -2.09. The molecule has 69 heavy (non-hydrogen) atoms. The molecule has 0 bridgehead atoms. The second-order valence-electron chi connectivity index (χ2n) is 18.3. The van der Waals surface area contributed by atoms with Gasteiger partial charge in [0.25, 0.3) is 0 Å². The molecule has 14 aromatic rings. The second kappa shape index (κ2) is 15.8. The summed E-state index contributed by atoms with van der Waals surface area (Å²) >= 11 is 0. The molecule has 0 aromatic heterocycles. The summed E-state index contributed by atoms with van der Waals surface area (Å²) in [5, 5.41) is 17.9. The van der Waals surface area contributed by atoms with E-state index in [9.17, 15) is 0 Å². The van der Waals surface area contributed by atoms with Crippen molar-refractivity contribution < 1.29 is 0 Å². The molecule has 1 nitrogen and oxygen atoms in total. The predicted molar refractivity (Wildman–Crippen MR) is 297 cm³/mol. The van der Waals surface area contributed by atoms with E-state index in [4.69, 9.17) is 0 Å². The van der Waals surface area contributed by atoms with Gasteiger partial charge in [0.2, 0.25) is 0 Å². The molecule has 0 radical (unpaired) electrons. The molecule has 0 saturated heterocycles. The van der Waals surface area contributed by atoms with Gasteiger partial charge in [-0.15, -0.1) is 0 Å². The average molecular weight is 874 g/mol. The van der Waals surface area contributed by atoms with Gasteiger partial charge in [0.15, 0.2) is 0 Å². The predicted octanol–water partition coefficient (Wildman–Crippen LogP) is 19.3. The third-order valence-electron chi connectivity index (χ3n) is 14.6. The number of nitrogens with zero attached hydrogens (tertiary/aromatic N) is 1. The summed E-state index contributed by atoms with van der Waals surface area (Å²) < 4.78 is 0. The fraction of sp³-hybridized carbons (Fsp3) is 0. The van der Waals surface area contributed by atoms with Crippen LogP contribution in [0.3, 0.4) is 0 Å². The molecule has 1 heteroatoms. The van der Waals surface area contributed by atoms with Gasteiger partial charge in [0, 0.05) is 17.1 Å². The fourth-order valence-electron chi connectivity index (χ4n) is 11.4. The van der Waals surface area contributed by atoms with Crippen LogP contribution in [0.2, 0.25) is 0 Å². The first-order valence-corrected chi connectivity index (χ1v) is 23.9. The molecule has 320 valence electrons. The van der Waals surface area contributed by atoms with Gasteiger partial charge in [0.05, 0.1) is 0 Å². The van der Waals surface area contributed by atoms with Gasteiger partial charge in [-0.3, -0.25) is 0 Å². The smallest absolute Gasteiger partial charge is 0.0462 e. The number of fused-ring (bicyclic) bond motifs is 5. The number of anilines is 3. The molecular formula is C68H43N. The molecule has 0 atom stereocenters. The van der Waals surface area contributed by atoms with E-state index in [0.29, 0.717) is 0 Å². The van der Waals surface area contributed by atoms with Crippen molar-refractivity contribution in [1.82, 2.24) is 0 Å². The van der Waals surface area contributed by atoms with Gasteiger partial charge < -0.3 is 4.90 Å². The topological polar surface area (TPSA) is 3.24 Å². The van der Waals surface area contributed by atoms with Crippen molar-refractivity contribution in [3.05, 3.63) is 261 Å². The van der Waals surface area contributed by atoms with Crippen LogP contribution in [0.15, 0.2) is 261 Å². The van der Waals surface area contributed by atoms with Crippen molar-refractivity contribution in [2.45, 2.75) is 0 Å². The summed E-state index contributed by atoms with van der Waals surface area (Å²) in [7, 11) is 0. The monoisotopic (exact) mass is 873 g/mol. The van der Waals surface area contributed by atoms with Crippen LogP contribution < -0.4 is 4.90 Å². The quantitative estimate of drug-likeness (QED) is 0.114. The normalized spacial score (nSPS) is 11.8. The Morgan fingerprint density at radius 1 is 0.203 bits per heavy atom. The van der Waals surface area contributed by atoms with Crippen molar-refractivity contribution in [1.29, 1.82) is 0 Å². The lowest BCUT2D eigenvalue weighted by atomic mass is 9.86. The zero-order chi connectivity index (χ0) is 45.4. The van der Waals surface area contributed by atoms with Crippen molar-refractivity contribution >= 4 is 92.5 Å². The largest absolute Gasteiger partial charge is 0.311 e. The minimum atomic E-state index is 1.09. The molecule has 0 aliphatic heterocycles. The maximum absolute atomic E-state index is 2.40. The van der Waals surface area contributed by atoms with Gasteiger partial charge >= 0.3 is 0 Å². The van der Waals surface area contributed by atoms with Crippen LogP contribution in [-0.4, -0.2) is 0 Å². The Balaban J connectivity index is 0.908. The van der Waals surface area contributed by atoms with Crippen LogP contribution in [0.5, 0.6) is 0 Å². The van der Waals surface area contributed by atoms with E-state index < -0.39 is 0 Å². The summed E-state index contributed by atoms with van der Waals surface area (Å²) in [6.07, 6.45) is 0. The van der Waals surface area contributed by atoms with Crippen LogP contribution in [0, 0.1) is 0 Å². The van der Waals surface area contributed by atoms with Crippen LogP contribution in [0.25, 0.3) is 120 Å². The number of rotatable bonds is 7. The first-order valence-electron chi connectivity index (χ1n) is 23.9. The average Bonchev–Trinajstić information content (AvgIpc) is 3.42. The Labute approximate surface area is 400 Å². The van der Waals surface area contributed by atoms with Gasteiger partial charge in [0.1, 0.15) is 0 Å². The first-order chi connectivity index (χ1) is 34.2. The summed E-state index contributed by atoms with van der Waals surface area (Å²) in [6, 6.07) is 96.3. The van der Waals surface area contributed by atoms with Crippen LogP contribution in [0.4, 0.5) is 17.1 Å². The highest BCUT2D eigenvalue weighted by atomic mass is 15.1. The highest BCUT2D eigenvalue weighted by molar-refractivity contribution is 6.26. The van der Waals surface area contributed by atoms with Gasteiger partial charge in [-0.1, -0.05) is 218 Å². The van der Waals surface area contributed by atoms with Gasteiger partial charge in [-0.05, 0) is 162 Å². The molecule has 0 heterocycles. The third-order valence-corrected chi connectivity index (χ3v) is 14.6. The molecule has 0 fully saturated rings. The Bertz CT molecular complexity index is 4190. The maximum Gasteiger partial charge on any atom is 0.0462 e. The standard InChI is InChI=1S/C68H43N/c1-2-13-46(14-3-1)66-59-21-8-10-23-61(59)67(62-24-11-9-22-60(62)66)49-31-39-54(40-32-49)69(53-37-29-45(30-38-53)64-43-51-15-4-5-18-55(51)57-19-6-7-20-58(57)64)52-35-27-44(28-36-52)56-41-33-50-26-25-47-16-12-17-48-34-42-63(56)68(50)65(47)48/h1-43H. The Morgan fingerprint density at radius 3 is 1.19 bits per heavy atom. The second-order valence-corrected chi connectivity index (χ2v) is 18.3. The van der Waals surface area contributed by atoms with Crippen molar-refractivity contribution in [3.8, 4) is 44.5 Å². The van der Waals surface area contributed by atoms with E-state index in [1.54, 1.807) is 0 Å². The molecule has 0 unspecified atom stereocenters. The maximum atomic E-state index is 2.40. The van der Waals surface area contributed by atoms with Crippen molar-refractivity contribution in [2.75, 3.05) is 4.90 Å². The SMILES string of the molecule is c1ccc(-c2c3ccccc3c(-c3ccc(N(c4ccc(-c5cc6ccccc6c6ccccc56)cc4)c4ccc(-c5ccc6ccc7cccc8ccc5c6c78)cc4)cc3)c3ccccc23)cc1. The molecule has 0 aliphatic carbocycles. The van der Waals surface area contributed by atoms with E-state index in [0.717, 1.165) is 17.1 Å². The summed E-state index contributed by atoms with van der Waals surface area (Å²) in [5.41, 5.74) is 13.1. The molecule has 0 N–H and O–H groups in total. The lowest BCUT2D eigenvalue weighted by molar-refractivity contribution is 1.28. The molecule has 14 rings (SSSR count). The van der Waals surface area contributed by atoms with Crippen LogP contribution in [-0.2, 0) is 0 Å². The lowest BCUT2D eigenvalue weighted by Gasteiger charge is -2.26. The Kier molecular flexibility index (Phi) is 8.97. The van der Waals surface area contributed by atoms with Crippen LogP contribution >= 0.6 is 0 Å². The molecular weight excluding hydrogens is 831 g/mol. The Hall–Kier alpha value is -9.04. The first kappa shape index (κ1) is 39.2. The third kappa shape index (κ3) is 6.32. The number of hydrogen-bond acceptors (Lipinski definition) is 1. The Morgan fingerprint density at radius 2 is 0.609 bits per heavy atom. The molecule has 0 saturated carbocycles. The highest BCUT2D eigenvalue weighted by Crippen LogP contribution is 2.46. The zero-order valence-corrected chi connectivity index (χ0v) is 37.8. The summed E-state index contributed by atoms with van der Waals surface area (Å²) in [5.74, 6) is 0. The van der Waals surface area contributed by atoms with Crippen molar-refractivity contribution in [2.24, 2.45) is 0 Å². The van der Waals surface area contributed by atoms with E-state index in [-0.39, 0.29) is 0 Å². The van der Waals surface area contributed by atoms with Gasteiger partial charge in [-0.2, -0.15) is 0 Å². The fourth-order valence-corrected chi connectivity index (χ4v) is 11.4. The molecule has 0 amide bonds. The van der Waals surface area contributed by atoms with E-state index in [1.165, 1.54) is 120 Å². The molecule has 14 aromatic carbocycles. The number of hydrogen-bond donors (Lipinski definition) is 0. The zero-order valence-electron chi connectivity index (χ0n) is 37.8. The van der Waals surface area contributed by atoms with E-state index >= 15 is 0 Å². The van der Waals surface area contributed by atoms with E-state index in [2.05, 4.69) is 266 Å². The highest BCUT2D eigenvalue weighted by Gasteiger charge is 2.20. The van der Waals surface area contributed by atoms with Crippen LogP contribution in [0.1, 0.15) is 0 Å². The minimum Gasteiger partial charge on any atom is -0.311 e. The molecule has 0 spiro atoms. The van der Waals surface area contributed by atoms with E-state index in [1.807, 2.05) is 0 Å². The number of benzene rings is 14. The van der Waals surface area contributed by atoms with Gasteiger partial charge in [-0.25, -0.2) is 0 Å². The van der Waals surface area contributed by atoms with Crippen molar-refractivity contribution in [3.63, 3.8) is 0 Å². The molecule has 0 aliphatic rings. The minimum absolute atomic E-state index is 1.09. The summed E-state index contributed by atoms with van der Waals surface area (Å²) in [4.78, 5) is 2.40. The summed E-state index contributed by atoms with van der Waals surface area (Å²) in [6.45, 7) is 0.